The van der Waals surface area contributed by atoms with E-state index in [2.05, 4.69) is 5.16 Å². The summed E-state index contributed by atoms with van der Waals surface area (Å²) < 4.78 is 10.7. The summed E-state index contributed by atoms with van der Waals surface area (Å²) in [6.45, 7) is 2.20. The van der Waals surface area contributed by atoms with Crippen LogP contribution >= 0.6 is 0 Å². The third-order valence-corrected chi connectivity index (χ3v) is 4.27. The predicted molar refractivity (Wildman–Crippen MR) is 88.4 cm³/mol. The van der Waals surface area contributed by atoms with Crippen LogP contribution in [0, 0.1) is 0 Å². The second-order valence-electron chi connectivity index (χ2n) is 6.02. The molecule has 1 fully saturated rings. The number of amides is 1. The van der Waals surface area contributed by atoms with Gasteiger partial charge in [-0.2, -0.15) is 0 Å². The second-order valence-corrected chi connectivity index (χ2v) is 6.02. The normalized spacial score (nSPS) is 16.9. The van der Waals surface area contributed by atoms with Crippen LogP contribution < -0.4 is 4.74 Å². The molecule has 1 aliphatic rings. The number of hydrogen-bond acceptors (Lipinski definition) is 6. The van der Waals surface area contributed by atoms with Crippen LogP contribution in [-0.4, -0.2) is 46.0 Å². The summed E-state index contributed by atoms with van der Waals surface area (Å²) in [7, 11) is 0. The van der Waals surface area contributed by atoms with Crippen molar-refractivity contribution in [2.45, 2.75) is 32.4 Å². The molecule has 3 rings (SSSR count). The maximum absolute atomic E-state index is 12.4. The van der Waals surface area contributed by atoms with Crippen molar-refractivity contribution in [1.82, 2.24) is 10.1 Å². The number of carbonyl (C=O) groups is 2. The third kappa shape index (κ3) is 3.88. The zero-order valence-electron chi connectivity index (χ0n) is 14.0. The zero-order valence-corrected chi connectivity index (χ0v) is 14.0. The molecule has 2 aromatic rings. The van der Waals surface area contributed by atoms with Gasteiger partial charge in [-0.1, -0.05) is 5.16 Å². The van der Waals surface area contributed by atoms with Gasteiger partial charge in [-0.15, -0.1) is 0 Å². The largest absolute Gasteiger partial charge is 0.486 e. The maximum Gasteiger partial charge on any atom is 0.276 e. The minimum absolute atomic E-state index is 0.00645. The van der Waals surface area contributed by atoms with Crippen molar-refractivity contribution in [3.8, 4) is 5.75 Å². The molecule has 1 aromatic heterocycles. The molecule has 1 atom stereocenters. The lowest BCUT2D eigenvalue weighted by atomic mass is 10.1. The molecule has 1 aliphatic heterocycles. The fourth-order valence-electron chi connectivity index (χ4n) is 2.86. The zero-order chi connectivity index (χ0) is 17.8. The molecule has 0 saturated carbocycles. The molecule has 2 heterocycles. The summed E-state index contributed by atoms with van der Waals surface area (Å²) in [4.78, 5) is 25.3. The molecule has 0 aliphatic carbocycles. The van der Waals surface area contributed by atoms with Gasteiger partial charge in [-0.3, -0.25) is 9.59 Å². The van der Waals surface area contributed by atoms with Crippen molar-refractivity contribution in [3.63, 3.8) is 0 Å². The second kappa shape index (κ2) is 7.48. The van der Waals surface area contributed by atoms with E-state index in [-0.39, 0.29) is 36.6 Å². The Balaban J connectivity index is 1.60. The quantitative estimate of drug-likeness (QED) is 0.806. The lowest BCUT2D eigenvalue weighted by Gasteiger charge is -2.21. The molecule has 0 bridgehead atoms. The number of aromatic nitrogens is 1. The molecule has 0 radical (unpaired) electrons. The van der Waals surface area contributed by atoms with Gasteiger partial charge in [0.15, 0.2) is 17.2 Å². The molecule has 1 amide bonds. The van der Waals surface area contributed by atoms with Gasteiger partial charge in [0, 0.05) is 18.2 Å². The highest BCUT2D eigenvalue weighted by atomic mass is 16.5. The van der Waals surface area contributed by atoms with E-state index in [0.717, 1.165) is 12.8 Å². The van der Waals surface area contributed by atoms with Crippen LogP contribution in [0.2, 0.25) is 0 Å². The van der Waals surface area contributed by atoms with Crippen molar-refractivity contribution < 1.29 is 24.0 Å². The first-order chi connectivity index (χ1) is 12.1. The Morgan fingerprint density at radius 2 is 2.12 bits per heavy atom. The number of ether oxygens (including phenoxy) is 1. The molecule has 132 valence electrons. The maximum atomic E-state index is 12.4. The Morgan fingerprint density at radius 1 is 1.36 bits per heavy atom. The summed E-state index contributed by atoms with van der Waals surface area (Å²) in [6, 6.07) is 8.19. The van der Waals surface area contributed by atoms with E-state index in [4.69, 9.17) is 9.26 Å². The Bertz CT molecular complexity index is 753. The van der Waals surface area contributed by atoms with Gasteiger partial charge in [0.1, 0.15) is 12.4 Å². The number of rotatable bonds is 6. The highest BCUT2D eigenvalue weighted by molar-refractivity contribution is 5.94. The molecular weight excluding hydrogens is 324 g/mol. The minimum atomic E-state index is -0.239. The topological polar surface area (TPSA) is 92.9 Å². The van der Waals surface area contributed by atoms with Gasteiger partial charge in [0.05, 0.1) is 12.6 Å². The molecule has 1 saturated heterocycles. The van der Waals surface area contributed by atoms with Gasteiger partial charge in [0.2, 0.25) is 0 Å². The van der Waals surface area contributed by atoms with E-state index in [1.54, 1.807) is 35.2 Å². The van der Waals surface area contributed by atoms with Crippen LogP contribution in [0.25, 0.3) is 0 Å². The fourth-order valence-corrected chi connectivity index (χ4v) is 2.86. The van der Waals surface area contributed by atoms with E-state index in [0.29, 0.717) is 23.6 Å². The molecule has 7 nitrogen and oxygen atoms in total. The summed E-state index contributed by atoms with van der Waals surface area (Å²) in [5, 5.41) is 13.1. The molecule has 1 aromatic carbocycles. The Kier molecular flexibility index (Phi) is 5.14. The lowest BCUT2D eigenvalue weighted by Crippen LogP contribution is -2.37. The number of carbonyl (C=O) groups excluding carboxylic acids is 2. The molecule has 25 heavy (non-hydrogen) atoms. The van der Waals surface area contributed by atoms with Crippen molar-refractivity contribution in [2.75, 3.05) is 13.2 Å². The molecule has 7 heteroatoms. The molecule has 0 spiro atoms. The van der Waals surface area contributed by atoms with Crippen LogP contribution in [0.1, 0.15) is 46.4 Å². The standard InChI is InChI=1S/C18H20N2O5/c1-12(22)13-4-6-15(7-5-13)24-11-16-9-17(19-25-16)18(23)20-8-2-3-14(20)10-21/h4-7,9,14,21H,2-3,8,10-11H2,1H3/t14-/m0/s1. The van der Waals surface area contributed by atoms with Gasteiger partial charge in [0.25, 0.3) is 5.91 Å². The van der Waals surface area contributed by atoms with Crippen LogP contribution in [0.5, 0.6) is 5.75 Å². The molecule has 1 N–H and O–H groups in total. The van der Waals surface area contributed by atoms with Crippen molar-refractivity contribution in [2.24, 2.45) is 0 Å². The number of ketones is 1. The number of aliphatic hydroxyl groups is 1. The van der Waals surface area contributed by atoms with E-state index in [9.17, 15) is 14.7 Å². The van der Waals surface area contributed by atoms with Crippen LogP contribution in [0.3, 0.4) is 0 Å². The van der Waals surface area contributed by atoms with Gasteiger partial charge in [-0.25, -0.2) is 0 Å². The average Bonchev–Trinajstić information content (AvgIpc) is 3.28. The lowest BCUT2D eigenvalue weighted by molar-refractivity contribution is 0.0667. The van der Waals surface area contributed by atoms with Gasteiger partial charge in [-0.05, 0) is 44.0 Å². The smallest absolute Gasteiger partial charge is 0.276 e. The number of hydrogen-bond donors (Lipinski definition) is 1. The van der Waals surface area contributed by atoms with E-state index in [1.807, 2.05) is 0 Å². The number of aliphatic hydroxyl groups excluding tert-OH is 1. The van der Waals surface area contributed by atoms with Crippen molar-refractivity contribution in [3.05, 3.63) is 47.3 Å². The Morgan fingerprint density at radius 3 is 2.80 bits per heavy atom. The highest BCUT2D eigenvalue weighted by Gasteiger charge is 2.30. The van der Waals surface area contributed by atoms with Crippen molar-refractivity contribution in [1.29, 1.82) is 0 Å². The summed E-state index contributed by atoms with van der Waals surface area (Å²) in [6.07, 6.45) is 1.67. The SMILES string of the molecule is CC(=O)c1ccc(OCc2cc(C(=O)N3CCC[C@H]3CO)no2)cc1. The summed E-state index contributed by atoms with van der Waals surface area (Å²) >= 11 is 0. The Labute approximate surface area is 145 Å². The number of likely N-dealkylation sites (tertiary alicyclic amines) is 1. The molecular formula is C18H20N2O5. The summed E-state index contributed by atoms with van der Waals surface area (Å²) in [5.74, 6) is 0.776. The third-order valence-electron chi connectivity index (χ3n) is 4.27. The number of benzene rings is 1. The Hall–Kier alpha value is -2.67. The number of Topliss-reactive ketones (excluding diaryl/α,β-unsaturated/α-hetero) is 1. The first kappa shape index (κ1) is 17.2. The van der Waals surface area contributed by atoms with E-state index >= 15 is 0 Å². The minimum Gasteiger partial charge on any atom is -0.486 e. The monoisotopic (exact) mass is 344 g/mol. The van der Waals surface area contributed by atoms with Crippen LogP contribution in [0.15, 0.2) is 34.9 Å². The highest BCUT2D eigenvalue weighted by Crippen LogP contribution is 2.20. The first-order valence-electron chi connectivity index (χ1n) is 8.19. The summed E-state index contributed by atoms with van der Waals surface area (Å²) in [5.41, 5.74) is 0.829. The van der Waals surface area contributed by atoms with Crippen LogP contribution in [-0.2, 0) is 6.61 Å². The van der Waals surface area contributed by atoms with E-state index in [1.165, 1.54) is 6.92 Å². The van der Waals surface area contributed by atoms with Crippen LogP contribution in [0.4, 0.5) is 0 Å². The number of nitrogens with zero attached hydrogens (tertiary/aromatic N) is 2. The van der Waals surface area contributed by atoms with Gasteiger partial charge < -0.3 is 19.3 Å². The van der Waals surface area contributed by atoms with Gasteiger partial charge >= 0.3 is 0 Å². The first-order valence-corrected chi connectivity index (χ1v) is 8.19. The van der Waals surface area contributed by atoms with Crippen molar-refractivity contribution >= 4 is 11.7 Å². The average molecular weight is 344 g/mol. The molecule has 0 unspecified atom stereocenters. The predicted octanol–water partition coefficient (Wildman–Crippen LogP) is 2.05. The van der Waals surface area contributed by atoms with E-state index < -0.39 is 0 Å². The fraction of sp³-hybridized carbons (Fsp3) is 0.389.